The Balaban J connectivity index is 3.08. The molecule has 0 bridgehead atoms. The second-order valence-electron chi connectivity index (χ2n) is 4.29. The van der Waals surface area contributed by atoms with Gasteiger partial charge in [-0.3, -0.25) is 4.79 Å². The first-order chi connectivity index (χ1) is 8.50. The van der Waals surface area contributed by atoms with Crippen LogP contribution in [0.3, 0.4) is 0 Å². The van der Waals surface area contributed by atoms with Crippen LogP contribution in [0.15, 0.2) is 24.3 Å². The van der Waals surface area contributed by atoms with Crippen LogP contribution in [-0.4, -0.2) is 18.1 Å². The molecular formula is C14H18N2O2. The summed E-state index contributed by atoms with van der Waals surface area (Å²) in [6.45, 7) is 3.67. The molecule has 0 aromatic heterocycles. The van der Waals surface area contributed by atoms with Crippen LogP contribution in [0.2, 0.25) is 0 Å². The minimum Gasteiger partial charge on any atom is -0.508 e. The summed E-state index contributed by atoms with van der Waals surface area (Å²) in [5.74, 6) is -0.136. The molecule has 0 fully saturated rings. The predicted molar refractivity (Wildman–Crippen MR) is 70.1 cm³/mol. The highest BCUT2D eigenvalue weighted by atomic mass is 16.3. The SMILES string of the molecule is CCC(C#N)(CC)C(=O)N(C)c1cccc(O)c1. The topological polar surface area (TPSA) is 64.3 Å². The standard InChI is InChI=1S/C14H18N2O2/c1-4-14(5-2,10-15)13(18)16(3)11-7-6-8-12(17)9-11/h6-9,17H,4-5H2,1-3H3. The zero-order chi connectivity index (χ0) is 13.8. The zero-order valence-corrected chi connectivity index (χ0v) is 11.0. The van der Waals surface area contributed by atoms with E-state index in [1.165, 1.54) is 11.0 Å². The smallest absolute Gasteiger partial charge is 0.247 e. The first-order valence-corrected chi connectivity index (χ1v) is 5.99. The molecule has 18 heavy (non-hydrogen) atoms. The molecular weight excluding hydrogens is 228 g/mol. The van der Waals surface area contributed by atoms with Gasteiger partial charge in [0.25, 0.3) is 0 Å². The van der Waals surface area contributed by atoms with Gasteiger partial charge in [-0.1, -0.05) is 19.9 Å². The lowest BCUT2D eigenvalue weighted by Crippen LogP contribution is -2.40. The highest BCUT2D eigenvalue weighted by Gasteiger charge is 2.37. The van der Waals surface area contributed by atoms with E-state index in [-0.39, 0.29) is 11.7 Å². The fourth-order valence-electron chi connectivity index (χ4n) is 1.90. The molecule has 96 valence electrons. The molecule has 1 N–H and O–H groups in total. The Labute approximate surface area is 107 Å². The van der Waals surface area contributed by atoms with E-state index < -0.39 is 5.41 Å². The van der Waals surface area contributed by atoms with Crippen LogP contribution in [0.4, 0.5) is 5.69 Å². The van der Waals surface area contributed by atoms with Crippen molar-refractivity contribution < 1.29 is 9.90 Å². The third-order valence-electron chi connectivity index (χ3n) is 3.35. The summed E-state index contributed by atoms with van der Waals surface area (Å²) in [6, 6.07) is 8.57. The second kappa shape index (κ2) is 5.54. The number of hydrogen-bond donors (Lipinski definition) is 1. The summed E-state index contributed by atoms with van der Waals surface area (Å²) < 4.78 is 0. The fourth-order valence-corrected chi connectivity index (χ4v) is 1.90. The normalized spacial score (nSPS) is 10.8. The number of benzene rings is 1. The lowest BCUT2D eigenvalue weighted by atomic mass is 9.82. The van der Waals surface area contributed by atoms with E-state index in [1.807, 2.05) is 13.8 Å². The van der Waals surface area contributed by atoms with Crippen LogP contribution < -0.4 is 4.90 Å². The molecule has 1 aromatic carbocycles. The van der Waals surface area contributed by atoms with E-state index in [2.05, 4.69) is 6.07 Å². The Hall–Kier alpha value is -2.02. The van der Waals surface area contributed by atoms with Crippen molar-refractivity contribution >= 4 is 11.6 Å². The summed E-state index contributed by atoms with van der Waals surface area (Å²) in [4.78, 5) is 13.8. The highest BCUT2D eigenvalue weighted by Crippen LogP contribution is 2.30. The Morgan fingerprint density at radius 2 is 2.06 bits per heavy atom. The molecule has 0 radical (unpaired) electrons. The molecule has 0 atom stereocenters. The summed E-state index contributed by atoms with van der Waals surface area (Å²) in [5, 5.41) is 18.7. The van der Waals surface area contributed by atoms with E-state index in [0.29, 0.717) is 18.5 Å². The first kappa shape index (κ1) is 14.0. The third kappa shape index (κ3) is 2.45. The van der Waals surface area contributed by atoms with Crippen LogP contribution in [0.5, 0.6) is 5.75 Å². The van der Waals surface area contributed by atoms with E-state index in [4.69, 9.17) is 0 Å². The van der Waals surface area contributed by atoms with Crippen LogP contribution in [0, 0.1) is 16.7 Å². The molecule has 0 unspecified atom stereocenters. The van der Waals surface area contributed by atoms with Crippen molar-refractivity contribution in [2.24, 2.45) is 5.41 Å². The molecule has 0 saturated carbocycles. The van der Waals surface area contributed by atoms with Crippen LogP contribution in [0.1, 0.15) is 26.7 Å². The average molecular weight is 246 g/mol. The quantitative estimate of drug-likeness (QED) is 0.888. The van der Waals surface area contributed by atoms with Gasteiger partial charge in [-0.25, -0.2) is 0 Å². The van der Waals surface area contributed by atoms with Gasteiger partial charge in [0.05, 0.1) is 6.07 Å². The van der Waals surface area contributed by atoms with Crippen LogP contribution in [-0.2, 0) is 4.79 Å². The van der Waals surface area contributed by atoms with Crippen molar-refractivity contribution in [2.45, 2.75) is 26.7 Å². The van der Waals surface area contributed by atoms with E-state index in [1.54, 1.807) is 25.2 Å². The minimum absolute atomic E-state index is 0.0997. The maximum atomic E-state index is 12.4. The molecule has 0 heterocycles. The summed E-state index contributed by atoms with van der Waals surface area (Å²) in [5.41, 5.74) is -0.401. The van der Waals surface area contributed by atoms with Crippen molar-refractivity contribution in [3.05, 3.63) is 24.3 Å². The van der Waals surface area contributed by atoms with Gasteiger partial charge < -0.3 is 10.0 Å². The maximum absolute atomic E-state index is 12.4. The first-order valence-electron chi connectivity index (χ1n) is 5.99. The lowest BCUT2D eigenvalue weighted by Gasteiger charge is -2.28. The number of rotatable bonds is 4. The molecule has 1 aromatic rings. The summed E-state index contributed by atoms with van der Waals surface area (Å²) >= 11 is 0. The Morgan fingerprint density at radius 3 is 2.50 bits per heavy atom. The zero-order valence-electron chi connectivity index (χ0n) is 11.0. The van der Waals surface area contributed by atoms with Gasteiger partial charge in [0.1, 0.15) is 11.2 Å². The largest absolute Gasteiger partial charge is 0.508 e. The van der Waals surface area contributed by atoms with Crippen molar-refractivity contribution in [3.63, 3.8) is 0 Å². The number of amides is 1. The Morgan fingerprint density at radius 1 is 1.44 bits per heavy atom. The van der Waals surface area contributed by atoms with Gasteiger partial charge in [0.2, 0.25) is 5.91 Å². The van der Waals surface area contributed by atoms with E-state index in [9.17, 15) is 15.2 Å². The molecule has 4 heteroatoms. The van der Waals surface area contributed by atoms with Crippen LogP contribution in [0.25, 0.3) is 0 Å². The maximum Gasteiger partial charge on any atom is 0.247 e. The van der Waals surface area contributed by atoms with Gasteiger partial charge in [-0.2, -0.15) is 5.26 Å². The summed E-state index contributed by atoms with van der Waals surface area (Å²) in [7, 11) is 1.62. The minimum atomic E-state index is -0.986. The number of aromatic hydroxyl groups is 1. The average Bonchev–Trinajstić information content (AvgIpc) is 2.40. The van der Waals surface area contributed by atoms with Gasteiger partial charge in [-0.15, -0.1) is 0 Å². The van der Waals surface area contributed by atoms with Gasteiger partial charge >= 0.3 is 0 Å². The molecule has 0 spiro atoms. The molecule has 0 saturated heterocycles. The van der Waals surface area contributed by atoms with Crippen molar-refractivity contribution in [2.75, 3.05) is 11.9 Å². The lowest BCUT2D eigenvalue weighted by molar-refractivity contribution is -0.125. The highest BCUT2D eigenvalue weighted by molar-refractivity contribution is 5.99. The molecule has 0 aliphatic carbocycles. The molecule has 0 aliphatic heterocycles. The van der Waals surface area contributed by atoms with Crippen molar-refractivity contribution in [3.8, 4) is 11.8 Å². The van der Waals surface area contributed by atoms with Crippen molar-refractivity contribution in [1.82, 2.24) is 0 Å². The molecule has 0 aliphatic rings. The van der Waals surface area contributed by atoms with Gasteiger partial charge in [-0.05, 0) is 25.0 Å². The molecule has 1 amide bonds. The number of nitriles is 1. The molecule has 1 rings (SSSR count). The Kier molecular flexibility index (Phi) is 4.33. The fraction of sp³-hybridized carbons (Fsp3) is 0.429. The van der Waals surface area contributed by atoms with E-state index in [0.717, 1.165) is 0 Å². The number of phenolic OH excluding ortho intramolecular Hbond substituents is 1. The predicted octanol–water partition coefficient (Wildman–Crippen LogP) is 2.68. The monoisotopic (exact) mass is 246 g/mol. The number of anilines is 1. The number of phenols is 1. The number of hydrogen-bond acceptors (Lipinski definition) is 3. The second-order valence-corrected chi connectivity index (χ2v) is 4.29. The number of carbonyl (C=O) groups is 1. The van der Waals surface area contributed by atoms with Crippen LogP contribution >= 0.6 is 0 Å². The van der Waals surface area contributed by atoms with Crippen molar-refractivity contribution in [1.29, 1.82) is 5.26 Å². The van der Waals surface area contributed by atoms with Gasteiger partial charge in [0, 0.05) is 18.8 Å². The Bertz CT molecular complexity index is 473. The van der Waals surface area contributed by atoms with E-state index >= 15 is 0 Å². The summed E-state index contributed by atoms with van der Waals surface area (Å²) in [6.07, 6.45) is 0.948. The van der Waals surface area contributed by atoms with Gasteiger partial charge in [0.15, 0.2) is 0 Å². The number of nitrogens with zero attached hydrogens (tertiary/aromatic N) is 2. The third-order valence-corrected chi connectivity index (χ3v) is 3.35. The molecule has 4 nitrogen and oxygen atoms in total. The number of carbonyl (C=O) groups excluding carboxylic acids is 1.